The van der Waals surface area contributed by atoms with Gasteiger partial charge in [0.2, 0.25) is 0 Å². The monoisotopic (exact) mass is 434 g/mol. The average Bonchev–Trinajstić information content (AvgIpc) is 2.67. The van der Waals surface area contributed by atoms with Gasteiger partial charge in [-0.15, -0.1) is 0 Å². The number of nitrogens with zero attached hydrogens (tertiary/aromatic N) is 1. The summed E-state index contributed by atoms with van der Waals surface area (Å²) in [6, 6.07) is 13.2. The van der Waals surface area contributed by atoms with Crippen molar-refractivity contribution in [1.82, 2.24) is 9.62 Å². The Hall–Kier alpha value is -2.39. The van der Waals surface area contributed by atoms with E-state index in [1.165, 1.54) is 7.05 Å². The van der Waals surface area contributed by atoms with E-state index in [2.05, 4.69) is 15.5 Å². The molecule has 0 fully saturated rings. The molecule has 153 valence electrons. The van der Waals surface area contributed by atoms with Gasteiger partial charge in [0.05, 0.1) is 10.7 Å². The van der Waals surface area contributed by atoms with E-state index >= 15 is 0 Å². The molecule has 3 rings (SSSR count). The summed E-state index contributed by atoms with van der Waals surface area (Å²) in [5, 5.41) is 1.05. The van der Waals surface area contributed by atoms with Gasteiger partial charge in [-0.2, -0.15) is 8.42 Å². The number of halogens is 1. The second kappa shape index (κ2) is 8.54. The van der Waals surface area contributed by atoms with Crippen molar-refractivity contribution in [3.63, 3.8) is 0 Å². The van der Waals surface area contributed by atoms with E-state index in [1.807, 2.05) is 25.1 Å². The first-order valence-corrected chi connectivity index (χ1v) is 10.7. The maximum atomic E-state index is 12.7. The summed E-state index contributed by atoms with van der Waals surface area (Å²) in [5.74, 6) is 0. The molecule has 0 spiro atoms. The minimum atomic E-state index is -3.72. The van der Waals surface area contributed by atoms with E-state index in [1.54, 1.807) is 30.3 Å². The number of fused-ring (bicyclic) bond motifs is 1. The highest BCUT2D eigenvalue weighted by Gasteiger charge is 2.18. The summed E-state index contributed by atoms with van der Waals surface area (Å²) in [7, 11) is 1.41. The molecule has 2 N–H and O–H groups in total. The zero-order chi connectivity index (χ0) is 21.2. The molecule has 3 aromatic rings. The lowest BCUT2D eigenvalue weighted by atomic mass is 9.98. The van der Waals surface area contributed by atoms with Crippen molar-refractivity contribution in [2.45, 2.75) is 13.0 Å². The zero-order valence-corrected chi connectivity index (χ0v) is 17.8. The first-order chi connectivity index (χ1) is 13.7. The maximum Gasteiger partial charge on any atom is 0.340 e. The lowest BCUT2D eigenvalue weighted by molar-refractivity contribution is 0.400. The summed E-state index contributed by atoms with van der Waals surface area (Å²) in [5.41, 5.74) is 2.18. The Bertz CT molecular complexity index is 1210. The van der Waals surface area contributed by atoms with Crippen LogP contribution in [0, 0.1) is 6.07 Å². The molecule has 2 aromatic carbocycles. The van der Waals surface area contributed by atoms with Crippen LogP contribution in [0.1, 0.15) is 16.7 Å². The molecule has 0 saturated heterocycles. The molecule has 0 aliphatic carbocycles. The first kappa shape index (κ1) is 21.3. The molecule has 0 aliphatic heterocycles. The number of benzene rings is 2. The highest BCUT2D eigenvalue weighted by molar-refractivity contribution is 7.90. The molecule has 1 aromatic heterocycles. The van der Waals surface area contributed by atoms with E-state index in [0.29, 0.717) is 23.3 Å². The molecule has 0 atom stereocenters. The van der Waals surface area contributed by atoms with Crippen LogP contribution in [0.3, 0.4) is 0 Å². The molecule has 9 heteroatoms. The van der Waals surface area contributed by atoms with Gasteiger partial charge in [0.25, 0.3) is 10.2 Å². The quantitative estimate of drug-likeness (QED) is 0.558. The molecule has 0 aliphatic rings. The number of nitrogens with one attached hydrogen (secondary N) is 2. The van der Waals surface area contributed by atoms with Crippen molar-refractivity contribution in [3.8, 4) is 0 Å². The van der Waals surface area contributed by atoms with E-state index < -0.39 is 15.8 Å². The summed E-state index contributed by atoms with van der Waals surface area (Å²) < 4.78 is 33.7. The van der Waals surface area contributed by atoms with E-state index in [9.17, 15) is 13.2 Å². The number of hydrogen-bond acceptors (Lipinski definition) is 5. The van der Waals surface area contributed by atoms with Gasteiger partial charge in [-0.3, -0.25) is 4.72 Å². The molecule has 0 saturated carbocycles. The van der Waals surface area contributed by atoms with Crippen LogP contribution >= 0.6 is 11.6 Å². The molecule has 0 bridgehead atoms. The second-order valence-electron chi connectivity index (χ2n) is 6.77. The van der Waals surface area contributed by atoms with Crippen LogP contribution in [0.4, 0.5) is 5.69 Å². The Labute approximate surface area is 174 Å². The Morgan fingerprint density at radius 3 is 2.66 bits per heavy atom. The summed E-state index contributed by atoms with van der Waals surface area (Å²) in [6.07, 6.45) is 0.202. The predicted octanol–water partition coefficient (Wildman–Crippen LogP) is 2.78. The van der Waals surface area contributed by atoms with Crippen molar-refractivity contribution in [2.75, 3.05) is 25.9 Å². The lowest BCUT2D eigenvalue weighted by Gasteiger charge is -2.17. The van der Waals surface area contributed by atoms with Gasteiger partial charge in [0.1, 0.15) is 5.58 Å². The van der Waals surface area contributed by atoms with Crippen LogP contribution in [0.15, 0.2) is 45.6 Å². The van der Waals surface area contributed by atoms with Crippen LogP contribution < -0.4 is 15.1 Å². The van der Waals surface area contributed by atoms with E-state index in [4.69, 9.17) is 16.0 Å². The van der Waals surface area contributed by atoms with Crippen molar-refractivity contribution < 1.29 is 12.8 Å². The Balaban J connectivity index is 2.11. The zero-order valence-electron chi connectivity index (χ0n) is 16.2. The van der Waals surface area contributed by atoms with Crippen LogP contribution in [0.25, 0.3) is 11.0 Å². The third kappa shape index (κ3) is 4.79. The van der Waals surface area contributed by atoms with Crippen LogP contribution in [-0.2, 0) is 23.2 Å². The Morgan fingerprint density at radius 1 is 1.21 bits per heavy atom. The summed E-state index contributed by atoms with van der Waals surface area (Å²) in [4.78, 5) is 14.7. The van der Waals surface area contributed by atoms with E-state index in [-0.39, 0.29) is 17.1 Å². The van der Waals surface area contributed by atoms with Crippen molar-refractivity contribution in [3.05, 3.63) is 74.6 Å². The van der Waals surface area contributed by atoms with Crippen LogP contribution in [0.5, 0.6) is 0 Å². The first-order valence-electron chi connectivity index (χ1n) is 8.80. The van der Waals surface area contributed by atoms with Crippen LogP contribution in [-0.4, -0.2) is 34.5 Å². The van der Waals surface area contributed by atoms with Crippen molar-refractivity contribution in [1.29, 1.82) is 0 Å². The molecular weight excluding hydrogens is 414 g/mol. The van der Waals surface area contributed by atoms with Gasteiger partial charge in [0, 0.05) is 31.0 Å². The second-order valence-corrected chi connectivity index (χ2v) is 8.77. The fraction of sp³-hybridized carbons (Fsp3) is 0.250. The third-order valence-electron chi connectivity index (χ3n) is 4.40. The normalized spacial score (nSPS) is 11.9. The van der Waals surface area contributed by atoms with Gasteiger partial charge in [-0.25, -0.2) is 9.52 Å². The SMILES string of the molecule is CNS(=O)(=O)Nc1cccc(Cc2c(CN(C)C)c3cc[c]cc3oc2=O)c1Cl. The standard InChI is InChI=1S/C20H21ClN3O4S/c1-22-29(26,27)23-17-9-6-7-13(19(17)21)11-15-16(12-24(2)3)14-8-4-5-10-18(14)28-20(15)25/h4,6-10,22-23H,11-12H2,1-3H3. The molecule has 1 heterocycles. The van der Waals surface area contributed by atoms with Crippen LogP contribution in [0.2, 0.25) is 5.02 Å². The predicted molar refractivity (Wildman–Crippen MR) is 115 cm³/mol. The molecule has 0 unspecified atom stereocenters. The van der Waals surface area contributed by atoms with Crippen molar-refractivity contribution >= 4 is 38.5 Å². The molecular formula is C20H21ClN3O4S. The topological polar surface area (TPSA) is 91.7 Å². The largest absolute Gasteiger partial charge is 0.422 e. The lowest BCUT2D eigenvalue weighted by Crippen LogP contribution is -2.26. The minimum absolute atomic E-state index is 0.202. The summed E-state index contributed by atoms with van der Waals surface area (Å²) >= 11 is 6.45. The Kier molecular flexibility index (Phi) is 6.28. The highest BCUT2D eigenvalue weighted by atomic mass is 35.5. The fourth-order valence-corrected chi connectivity index (χ4v) is 3.91. The minimum Gasteiger partial charge on any atom is -0.422 e. The molecule has 7 nitrogen and oxygen atoms in total. The summed E-state index contributed by atoms with van der Waals surface area (Å²) in [6.45, 7) is 0.533. The fourth-order valence-electron chi connectivity index (χ4n) is 3.05. The molecule has 0 amide bonds. The molecule has 1 radical (unpaired) electrons. The third-order valence-corrected chi connectivity index (χ3v) is 5.87. The van der Waals surface area contributed by atoms with Gasteiger partial charge in [0.15, 0.2) is 0 Å². The maximum absolute atomic E-state index is 12.7. The number of hydrogen-bond donors (Lipinski definition) is 2. The van der Waals surface area contributed by atoms with E-state index in [0.717, 1.165) is 10.9 Å². The number of rotatable bonds is 7. The van der Waals surface area contributed by atoms with Crippen molar-refractivity contribution in [2.24, 2.45) is 0 Å². The Morgan fingerprint density at radius 2 is 1.97 bits per heavy atom. The van der Waals surface area contributed by atoms with Gasteiger partial charge in [-0.05, 0) is 43.4 Å². The smallest absolute Gasteiger partial charge is 0.340 e. The van der Waals surface area contributed by atoms with Gasteiger partial charge >= 0.3 is 5.63 Å². The van der Waals surface area contributed by atoms with Gasteiger partial charge < -0.3 is 9.32 Å². The molecule has 29 heavy (non-hydrogen) atoms. The highest BCUT2D eigenvalue weighted by Crippen LogP contribution is 2.30. The number of anilines is 1. The van der Waals surface area contributed by atoms with Gasteiger partial charge in [-0.1, -0.05) is 35.9 Å². The average molecular weight is 435 g/mol.